The lowest BCUT2D eigenvalue weighted by Crippen LogP contribution is -2.46. The first-order chi connectivity index (χ1) is 8.97. The average Bonchev–Trinajstić information content (AvgIpc) is 2.35. The van der Waals surface area contributed by atoms with Crippen molar-refractivity contribution < 1.29 is 9.90 Å². The number of piperidine rings is 1. The Balaban J connectivity index is 2.16. The second kappa shape index (κ2) is 5.74. The Morgan fingerprint density at radius 1 is 1.42 bits per heavy atom. The summed E-state index contributed by atoms with van der Waals surface area (Å²) in [7, 11) is 0. The van der Waals surface area contributed by atoms with Crippen molar-refractivity contribution in [1.29, 1.82) is 0 Å². The zero-order valence-electron chi connectivity index (χ0n) is 12.0. The van der Waals surface area contributed by atoms with Crippen molar-refractivity contribution in [3.63, 3.8) is 0 Å². The van der Waals surface area contributed by atoms with Gasteiger partial charge in [-0.15, -0.1) is 0 Å². The minimum atomic E-state index is -0.683. The normalized spacial score (nSPS) is 24.4. The van der Waals surface area contributed by atoms with Gasteiger partial charge in [-0.2, -0.15) is 0 Å². The van der Waals surface area contributed by atoms with E-state index >= 15 is 0 Å². The summed E-state index contributed by atoms with van der Waals surface area (Å²) < 4.78 is 0. The number of aryl methyl sites for hydroxylation is 2. The fourth-order valence-corrected chi connectivity index (χ4v) is 2.83. The second-order valence-corrected chi connectivity index (χ2v) is 5.88. The molecule has 0 amide bonds. The molecule has 0 radical (unpaired) electrons. The van der Waals surface area contributed by atoms with Gasteiger partial charge in [0.05, 0.1) is 0 Å². The molecule has 104 valence electrons. The van der Waals surface area contributed by atoms with E-state index in [4.69, 9.17) is 0 Å². The molecular weight excluding hydrogens is 238 g/mol. The summed E-state index contributed by atoms with van der Waals surface area (Å²) >= 11 is 0. The third-order valence-corrected chi connectivity index (χ3v) is 4.14. The Labute approximate surface area is 115 Å². The van der Waals surface area contributed by atoms with Gasteiger partial charge in [-0.3, -0.25) is 9.69 Å². The lowest BCUT2D eigenvalue weighted by Gasteiger charge is -2.36. The Kier molecular flexibility index (Phi) is 4.25. The summed E-state index contributed by atoms with van der Waals surface area (Å²) in [5.74, 6) is -0.173. The van der Waals surface area contributed by atoms with Crippen LogP contribution in [0.25, 0.3) is 0 Å². The fraction of sp³-hybridized carbons (Fsp3) is 0.562. The van der Waals surface area contributed by atoms with Gasteiger partial charge in [0.1, 0.15) is 6.04 Å². The molecule has 1 aliphatic rings. The molecular formula is C16H23NO2. The van der Waals surface area contributed by atoms with Gasteiger partial charge in [0.2, 0.25) is 0 Å². The van der Waals surface area contributed by atoms with Crippen LogP contribution in [0.5, 0.6) is 0 Å². The number of likely N-dealkylation sites (tertiary alicyclic amines) is 1. The van der Waals surface area contributed by atoms with Crippen molar-refractivity contribution in [2.75, 3.05) is 6.54 Å². The molecule has 0 bridgehead atoms. The first kappa shape index (κ1) is 14.1. The first-order valence-corrected chi connectivity index (χ1v) is 7.00. The molecule has 2 rings (SSSR count). The van der Waals surface area contributed by atoms with Crippen molar-refractivity contribution in [1.82, 2.24) is 4.90 Å². The number of aliphatic carboxylic acids is 1. The summed E-state index contributed by atoms with van der Waals surface area (Å²) in [5.41, 5.74) is 3.73. The molecule has 19 heavy (non-hydrogen) atoms. The number of nitrogens with zero attached hydrogens (tertiary/aromatic N) is 1. The zero-order valence-corrected chi connectivity index (χ0v) is 12.0. The van der Waals surface area contributed by atoms with Gasteiger partial charge in [-0.1, -0.05) is 30.7 Å². The average molecular weight is 261 g/mol. The summed E-state index contributed by atoms with van der Waals surface area (Å²) in [6.07, 6.45) is 1.86. The van der Waals surface area contributed by atoms with Gasteiger partial charge in [-0.05, 0) is 50.3 Å². The van der Waals surface area contributed by atoms with Crippen LogP contribution >= 0.6 is 0 Å². The lowest BCUT2D eigenvalue weighted by molar-refractivity contribution is -0.145. The molecule has 1 aromatic carbocycles. The fourth-order valence-electron chi connectivity index (χ4n) is 2.83. The maximum absolute atomic E-state index is 11.4. The molecule has 1 aromatic rings. The van der Waals surface area contributed by atoms with Crippen molar-refractivity contribution in [3.8, 4) is 0 Å². The highest BCUT2D eigenvalue weighted by molar-refractivity contribution is 5.73. The van der Waals surface area contributed by atoms with Gasteiger partial charge in [0.25, 0.3) is 0 Å². The lowest BCUT2D eigenvalue weighted by atomic mass is 9.91. The predicted molar refractivity (Wildman–Crippen MR) is 76.1 cm³/mol. The van der Waals surface area contributed by atoms with E-state index in [0.29, 0.717) is 5.92 Å². The highest BCUT2D eigenvalue weighted by Crippen LogP contribution is 2.25. The molecule has 1 N–H and O–H groups in total. The molecule has 1 saturated heterocycles. The minimum absolute atomic E-state index is 0.330. The highest BCUT2D eigenvalue weighted by atomic mass is 16.4. The number of benzene rings is 1. The molecule has 0 saturated carbocycles. The maximum atomic E-state index is 11.4. The smallest absolute Gasteiger partial charge is 0.320 e. The summed E-state index contributed by atoms with van der Waals surface area (Å²) in [5, 5.41) is 9.39. The van der Waals surface area contributed by atoms with E-state index in [9.17, 15) is 9.90 Å². The predicted octanol–water partition coefficient (Wildman–Crippen LogP) is 2.99. The van der Waals surface area contributed by atoms with Crippen LogP contribution in [0, 0.1) is 19.8 Å². The van der Waals surface area contributed by atoms with Crippen molar-refractivity contribution in [2.24, 2.45) is 5.92 Å². The number of rotatable bonds is 3. The van der Waals surface area contributed by atoms with Crippen LogP contribution in [0.4, 0.5) is 0 Å². The number of hydrogen-bond acceptors (Lipinski definition) is 2. The third-order valence-electron chi connectivity index (χ3n) is 4.14. The minimum Gasteiger partial charge on any atom is -0.480 e. The molecule has 1 heterocycles. The number of hydrogen-bond donors (Lipinski definition) is 1. The molecule has 2 unspecified atom stereocenters. The van der Waals surface area contributed by atoms with Gasteiger partial charge >= 0.3 is 5.97 Å². The second-order valence-electron chi connectivity index (χ2n) is 5.88. The van der Waals surface area contributed by atoms with Crippen LogP contribution < -0.4 is 0 Å². The van der Waals surface area contributed by atoms with E-state index in [1.54, 1.807) is 0 Å². The van der Waals surface area contributed by atoms with Crippen LogP contribution in [-0.4, -0.2) is 28.6 Å². The van der Waals surface area contributed by atoms with Crippen LogP contribution in [0.1, 0.15) is 36.5 Å². The largest absolute Gasteiger partial charge is 0.480 e. The van der Waals surface area contributed by atoms with Crippen LogP contribution in [0.3, 0.4) is 0 Å². The van der Waals surface area contributed by atoms with E-state index in [1.165, 1.54) is 16.7 Å². The first-order valence-electron chi connectivity index (χ1n) is 7.00. The molecule has 0 aliphatic carbocycles. The summed E-state index contributed by atoms with van der Waals surface area (Å²) in [6, 6.07) is 6.06. The monoisotopic (exact) mass is 261 g/mol. The number of carbonyl (C=O) groups is 1. The quantitative estimate of drug-likeness (QED) is 0.909. The van der Waals surface area contributed by atoms with E-state index < -0.39 is 5.97 Å². The topological polar surface area (TPSA) is 40.5 Å². The van der Waals surface area contributed by atoms with Crippen molar-refractivity contribution >= 4 is 5.97 Å². The van der Waals surface area contributed by atoms with E-state index in [0.717, 1.165) is 25.9 Å². The number of carboxylic acids is 1. The maximum Gasteiger partial charge on any atom is 0.320 e. The molecule has 3 nitrogen and oxygen atoms in total. The SMILES string of the molecule is Cc1ccc(C)c(CN2CCC(C)CC2C(=O)O)c1. The molecule has 0 spiro atoms. The molecule has 3 heteroatoms. The molecule has 1 aliphatic heterocycles. The number of carboxylic acid groups (broad SMARTS) is 1. The van der Waals surface area contributed by atoms with Gasteiger partial charge < -0.3 is 5.11 Å². The van der Waals surface area contributed by atoms with E-state index in [2.05, 4.69) is 43.9 Å². The van der Waals surface area contributed by atoms with E-state index in [-0.39, 0.29) is 6.04 Å². The van der Waals surface area contributed by atoms with Crippen molar-refractivity contribution in [2.45, 2.75) is 46.2 Å². The van der Waals surface area contributed by atoms with Gasteiger partial charge in [0.15, 0.2) is 0 Å². The third kappa shape index (κ3) is 3.35. The van der Waals surface area contributed by atoms with Crippen LogP contribution in [-0.2, 0) is 11.3 Å². The van der Waals surface area contributed by atoms with Gasteiger partial charge in [0, 0.05) is 6.54 Å². The Morgan fingerprint density at radius 2 is 2.16 bits per heavy atom. The van der Waals surface area contributed by atoms with Crippen LogP contribution in [0.15, 0.2) is 18.2 Å². The summed E-state index contributed by atoms with van der Waals surface area (Å²) in [6.45, 7) is 7.95. The Hall–Kier alpha value is -1.35. The summed E-state index contributed by atoms with van der Waals surface area (Å²) in [4.78, 5) is 13.5. The molecule has 0 aromatic heterocycles. The zero-order chi connectivity index (χ0) is 14.0. The molecule has 1 fully saturated rings. The Morgan fingerprint density at radius 3 is 2.84 bits per heavy atom. The van der Waals surface area contributed by atoms with Crippen molar-refractivity contribution in [3.05, 3.63) is 34.9 Å². The molecule has 2 atom stereocenters. The van der Waals surface area contributed by atoms with E-state index in [1.807, 2.05) is 0 Å². The standard InChI is InChI=1S/C16H23NO2/c1-11-4-5-13(3)14(8-11)10-17-7-6-12(2)9-15(17)16(18)19/h4-5,8,12,15H,6-7,9-10H2,1-3H3,(H,18,19). The van der Waals surface area contributed by atoms with Gasteiger partial charge in [-0.25, -0.2) is 0 Å². The Bertz CT molecular complexity index is 470. The highest BCUT2D eigenvalue weighted by Gasteiger charge is 2.31. The van der Waals surface area contributed by atoms with Crippen LogP contribution in [0.2, 0.25) is 0 Å².